The Bertz CT molecular complexity index is 819. The number of pyridine rings is 1. The van der Waals surface area contributed by atoms with Crippen molar-refractivity contribution in [2.24, 2.45) is 0 Å². The van der Waals surface area contributed by atoms with Gasteiger partial charge in [0.1, 0.15) is 12.3 Å². The molecule has 0 bridgehead atoms. The van der Waals surface area contributed by atoms with Crippen molar-refractivity contribution in [3.8, 4) is 0 Å². The van der Waals surface area contributed by atoms with Crippen LogP contribution in [-0.2, 0) is 17.8 Å². The summed E-state index contributed by atoms with van der Waals surface area (Å²) in [7, 11) is 0. The second-order valence-corrected chi connectivity index (χ2v) is 5.31. The maximum absolute atomic E-state index is 10.8. The summed E-state index contributed by atoms with van der Waals surface area (Å²) in [6, 6.07) is 3.74. The van der Waals surface area contributed by atoms with Gasteiger partial charge in [-0.1, -0.05) is 0 Å². The lowest BCUT2D eigenvalue weighted by atomic mass is 10.0. The number of hydrogen-bond donors (Lipinski definition) is 1. The van der Waals surface area contributed by atoms with Crippen molar-refractivity contribution in [3.63, 3.8) is 0 Å². The fourth-order valence-corrected chi connectivity index (χ4v) is 2.69. The number of carbonyl (C=O) groups is 1. The number of nitrogens with zero attached hydrogens (tertiary/aromatic N) is 3. The molecule has 0 spiro atoms. The van der Waals surface area contributed by atoms with Crippen molar-refractivity contribution in [2.45, 2.75) is 33.2 Å². The summed E-state index contributed by atoms with van der Waals surface area (Å²) >= 11 is 0. The summed E-state index contributed by atoms with van der Waals surface area (Å²) in [5.41, 5.74) is 3.69. The van der Waals surface area contributed by atoms with Crippen molar-refractivity contribution in [3.05, 3.63) is 47.2 Å². The van der Waals surface area contributed by atoms with Crippen LogP contribution in [-0.4, -0.2) is 25.8 Å². The molecule has 0 aromatic carbocycles. The van der Waals surface area contributed by atoms with E-state index in [9.17, 15) is 4.79 Å². The van der Waals surface area contributed by atoms with E-state index in [4.69, 9.17) is 9.52 Å². The van der Waals surface area contributed by atoms with Crippen LogP contribution in [0.5, 0.6) is 0 Å². The highest BCUT2D eigenvalue weighted by Gasteiger charge is 2.15. The highest BCUT2D eigenvalue weighted by atomic mass is 16.4. The minimum absolute atomic E-state index is 0.107. The Morgan fingerprint density at radius 1 is 1.41 bits per heavy atom. The Labute approximate surface area is 127 Å². The number of aliphatic carboxylic acids is 1. The molecule has 114 valence electrons. The smallest absolute Gasteiger partial charge is 0.303 e. The van der Waals surface area contributed by atoms with Gasteiger partial charge in [0.25, 0.3) is 0 Å². The molecule has 0 aliphatic carbocycles. The highest BCUT2D eigenvalue weighted by Crippen LogP contribution is 2.24. The zero-order chi connectivity index (χ0) is 15.7. The van der Waals surface area contributed by atoms with Gasteiger partial charge in [-0.05, 0) is 43.5 Å². The van der Waals surface area contributed by atoms with E-state index in [1.807, 2.05) is 26.0 Å². The van der Waals surface area contributed by atoms with Crippen LogP contribution in [0.3, 0.4) is 0 Å². The van der Waals surface area contributed by atoms with E-state index in [1.165, 1.54) is 0 Å². The molecule has 3 rings (SSSR count). The molecule has 0 fully saturated rings. The molecule has 0 aliphatic heterocycles. The number of carboxylic acid groups (broad SMARTS) is 1. The summed E-state index contributed by atoms with van der Waals surface area (Å²) < 4.78 is 7.15. The first kappa shape index (κ1) is 14.3. The van der Waals surface area contributed by atoms with Crippen molar-refractivity contribution >= 4 is 17.0 Å². The zero-order valence-corrected chi connectivity index (χ0v) is 12.5. The summed E-state index contributed by atoms with van der Waals surface area (Å²) in [5.74, 6) is 0.0180. The number of fused-ring (bicyclic) bond motifs is 1. The van der Waals surface area contributed by atoms with Gasteiger partial charge in [0.2, 0.25) is 0 Å². The number of carboxylic acids is 1. The van der Waals surface area contributed by atoms with Gasteiger partial charge in [0.15, 0.2) is 5.65 Å². The average Bonchev–Trinajstić information content (AvgIpc) is 3.09. The van der Waals surface area contributed by atoms with Crippen molar-refractivity contribution in [1.29, 1.82) is 0 Å². The molecule has 3 aromatic heterocycles. The van der Waals surface area contributed by atoms with Gasteiger partial charge in [-0.2, -0.15) is 5.10 Å². The van der Waals surface area contributed by atoms with Gasteiger partial charge in [-0.3, -0.25) is 4.79 Å². The first-order chi connectivity index (χ1) is 10.6. The molecule has 0 radical (unpaired) electrons. The molecule has 3 aromatic rings. The highest BCUT2D eigenvalue weighted by molar-refractivity contribution is 5.80. The molecule has 6 heteroatoms. The zero-order valence-electron chi connectivity index (χ0n) is 12.5. The van der Waals surface area contributed by atoms with E-state index < -0.39 is 5.97 Å². The molecule has 3 heterocycles. The van der Waals surface area contributed by atoms with Crippen LogP contribution in [0.4, 0.5) is 0 Å². The second kappa shape index (κ2) is 5.63. The van der Waals surface area contributed by atoms with Crippen molar-refractivity contribution in [1.82, 2.24) is 14.8 Å². The Balaban J connectivity index is 2.00. The van der Waals surface area contributed by atoms with Gasteiger partial charge in [0.05, 0.1) is 12.5 Å². The topological polar surface area (TPSA) is 81.2 Å². The van der Waals surface area contributed by atoms with Gasteiger partial charge in [-0.15, -0.1) is 0 Å². The Kier molecular flexibility index (Phi) is 3.66. The van der Waals surface area contributed by atoms with E-state index in [0.717, 1.165) is 33.6 Å². The molecular formula is C16H17N3O3. The van der Waals surface area contributed by atoms with Crippen molar-refractivity contribution in [2.75, 3.05) is 0 Å². The maximum atomic E-state index is 10.8. The largest absolute Gasteiger partial charge is 0.481 e. The van der Waals surface area contributed by atoms with Crippen molar-refractivity contribution < 1.29 is 14.3 Å². The predicted molar refractivity (Wildman–Crippen MR) is 80.8 cm³/mol. The van der Waals surface area contributed by atoms with E-state index in [2.05, 4.69) is 10.1 Å². The third-order valence-corrected chi connectivity index (χ3v) is 3.85. The number of aryl methyl sites for hydroxylation is 2. The van der Waals surface area contributed by atoms with Gasteiger partial charge in [-0.25, -0.2) is 9.67 Å². The Morgan fingerprint density at radius 2 is 2.23 bits per heavy atom. The van der Waals surface area contributed by atoms with Gasteiger partial charge >= 0.3 is 5.97 Å². The van der Waals surface area contributed by atoms with Crippen LogP contribution in [0.1, 0.15) is 29.0 Å². The summed E-state index contributed by atoms with van der Waals surface area (Å²) in [4.78, 5) is 15.4. The van der Waals surface area contributed by atoms with Gasteiger partial charge < -0.3 is 9.52 Å². The van der Waals surface area contributed by atoms with Crippen LogP contribution in [0, 0.1) is 13.8 Å². The second-order valence-electron chi connectivity index (χ2n) is 5.31. The predicted octanol–water partition coefficient (Wildman–Crippen LogP) is 2.71. The lowest BCUT2D eigenvalue weighted by Crippen LogP contribution is -2.06. The van der Waals surface area contributed by atoms with Crippen LogP contribution in [0.25, 0.3) is 11.0 Å². The third-order valence-electron chi connectivity index (χ3n) is 3.85. The molecule has 0 aliphatic rings. The summed E-state index contributed by atoms with van der Waals surface area (Å²) in [5, 5.41) is 14.2. The van der Waals surface area contributed by atoms with E-state index in [-0.39, 0.29) is 6.42 Å². The molecule has 0 atom stereocenters. The molecule has 22 heavy (non-hydrogen) atoms. The first-order valence-electron chi connectivity index (χ1n) is 7.12. The molecule has 6 nitrogen and oxygen atoms in total. The molecule has 1 N–H and O–H groups in total. The number of rotatable bonds is 5. The Hall–Kier alpha value is -2.63. The van der Waals surface area contributed by atoms with Gasteiger partial charge in [0, 0.05) is 17.5 Å². The molecular weight excluding hydrogens is 282 g/mol. The quantitative estimate of drug-likeness (QED) is 0.783. The number of aromatic nitrogens is 3. The van der Waals surface area contributed by atoms with Crippen LogP contribution >= 0.6 is 0 Å². The summed E-state index contributed by atoms with van der Waals surface area (Å²) in [6.07, 6.45) is 4.01. The minimum Gasteiger partial charge on any atom is -0.481 e. The lowest BCUT2D eigenvalue weighted by molar-refractivity contribution is -0.136. The first-order valence-corrected chi connectivity index (χ1v) is 7.12. The molecule has 0 saturated heterocycles. The Morgan fingerprint density at radius 3 is 2.91 bits per heavy atom. The van der Waals surface area contributed by atoms with Crippen LogP contribution in [0.15, 0.2) is 29.0 Å². The summed E-state index contributed by atoms with van der Waals surface area (Å²) in [6.45, 7) is 4.43. The van der Waals surface area contributed by atoms with Crippen LogP contribution in [0.2, 0.25) is 0 Å². The monoisotopic (exact) mass is 299 g/mol. The third kappa shape index (κ3) is 2.59. The van der Waals surface area contributed by atoms with E-state index in [1.54, 1.807) is 17.1 Å². The SMILES string of the molecule is Cc1nc2c(cnn2Cc2ccco2)c(C)c1CCC(=O)O. The number of hydrogen-bond acceptors (Lipinski definition) is 4. The normalized spacial score (nSPS) is 11.2. The number of furan rings is 1. The molecule has 0 amide bonds. The molecule has 0 unspecified atom stereocenters. The maximum Gasteiger partial charge on any atom is 0.303 e. The molecule has 0 saturated carbocycles. The standard InChI is InChI=1S/C16H17N3O3/c1-10-13(5-6-15(20)21)11(2)18-16-14(10)8-17-19(16)9-12-4-3-7-22-12/h3-4,7-8H,5-6,9H2,1-2H3,(H,20,21). The fraction of sp³-hybridized carbons (Fsp3) is 0.312. The fourth-order valence-electron chi connectivity index (χ4n) is 2.69. The van der Waals surface area contributed by atoms with Crippen LogP contribution < -0.4 is 0 Å². The van der Waals surface area contributed by atoms with E-state index >= 15 is 0 Å². The minimum atomic E-state index is -0.799. The van der Waals surface area contributed by atoms with E-state index in [0.29, 0.717) is 13.0 Å². The lowest BCUT2D eigenvalue weighted by Gasteiger charge is -2.10. The average molecular weight is 299 g/mol.